The van der Waals surface area contributed by atoms with Crippen molar-refractivity contribution >= 4 is 11.0 Å². The molecular weight excluding hydrogens is 340 g/mol. The first-order valence-corrected chi connectivity index (χ1v) is 6.62. The van der Waals surface area contributed by atoms with Crippen LogP contribution in [-0.4, -0.2) is 14.8 Å². The quantitative estimate of drug-likeness (QED) is 0.644. The van der Waals surface area contributed by atoms with Gasteiger partial charge in [0.1, 0.15) is 23.8 Å². The summed E-state index contributed by atoms with van der Waals surface area (Å²) in [7, 11) is 0. The van der Waals surface area contributed by atoms with Crippen LogP contribution in [0.25, 0.3) is 11.0 Å². The number of nitrogens with zero attached hydrogens (tertiary/aromatic N) is 3. The number of halogens is 6. The first-order chi connectivity index (χ1) is 11.1. The Hall–Kier alpha value is -2.52. The summed E-state index contributed by atoms with van der Waals surface area (Å²) in [5.41, 5.74) is -3.56. The van der Waals surface area contributed by atoms with Gasteiger partial charge in [-0.15, -0.1) is 0 Å². The van der Waals surface area contributed by atoms with Gasteiger partial charge in [0, 0.05) is 0 Å². The predicted octanol–water partition coefficient (Wildman–Crippen LogP) is 4.42. The molecule has 0 aliphatic carbocycles. The molecule has 0 bridgehead atoms. The van der Waals surface area contributed by atoms with Gasteiger partial charge in [-0.25, -0.2) is 9.67 Å². The van der Waals surface area contributed by atoms with Gasteiger partial charge in [-0.05, 0) is 25.1 Å². The molecule has 0 aliphatic rings. The van der Waals surface area contributed by atoms with Crippen molar-refractivity contribution in [1.29, 1.82) is 0 Å². The lowest BCUT2D eigenvalue weighted by Gasteiger charge is -2.12. The van der Waals surface area contributed by atoms with Gasteiger partial charge in [0.2, 0.25) is 0 Å². The molecule has 10 heteroatoms. The monoisotopic (exact) mass is 349 g/mol. The molecule has 0 aromatic carbocycles. The van der Waals surface area contributed by atoms with Crippen molar-refractivity contribution in [1.82, 2.24) is 14.8 Å². The van der Waals surface area contributed by atoms with Gasteiger partial charge in [0.15, 0.2) is 5.65 Å². The molecule has 4 nitrogen and oxygen atoms in total. The summed E-state index contributed by atoms with van der Waals surface area (Å²) in [5.74, 6) is 0.895. The van der Waals surface area contributed by atoms with Crippen LogP contribution in [0.1, 0.15) is 22.8 Å². The Morgan fingerprint density at radius 2 is 1.79 bits per heavy atom. The number of hydrogen-bond acceptors (Lipinski definition) is 3. The van der Waals surface area contributed by atoms with E-state index in [1.54, 1.807) is 19.1 Å². The van der Waals surface area contributed by atoms with Crippen LogP contribution in [0.5, 0.6) is 0 Å². The van der Waals surface area contributed by atoms with Crippen LogP contribution < -0.4 is 0 Å². The second-order valence-corrected chi connectivity index (χ2v) is 5.10. The summed E-state index contributed by atoms with van der Waals surface area (Å²) in [5, 5.41) is 3.22. The van der Waals surface area contributed by atoms with Gasteiger partial charge in [0.25, 0.3) is 0 Å². The van der Waals surface area contributed by atoms with Gasteiger partial charge in [-0.2, -0.15) is 31.4 Å². The van der Waals surface area contributed by atoms with E-state index in [0.29, 0.717) is 11.5 Å². The molecule has 3 aromatic rings. The van der Waals surface area contributed by atoms with E-state index in [1.165, 1.54) is 0 Å². The van der Waals surface area contributed by atoms with Crippen molar-refractivity contribution in [2.24, 2.45) is 0 Å². The van der Waals surface area contributed by atoms with Gasteiger partial charge in [0.05, 0.1) is 17.1 Å². The summed E-state index contributed by atoms with van der Waals surface area (Å²) >= 11 is 0. The summed E-state index contributed by atoms with van der Waals surface area (Å²) in [6, 6.07) is 3.17. The number of alkyl halides is 6. The van der Waals surface area contributed by atoms with Crippen molar-refractivity contribution in [2.75, 3.05) is 0 Å². The molecule has 0 saturated heterocycles. The smallest absolute Gasteiger partial charge is 0.433 e. The third-order valence-corrected chi connectivity index (χ3v) is 3.31. The lowest BCUT2D eigenvalue weighted by molar-refractivity contribution is -0.144. The Morgan fingerprint density at radius 1 is 1.08 bits per heavy atom. The number of fused-ring (bicyclic) bond motifs is 1. The zero-order valence-electron chi connectivity index (χ0n) is 12.0. The average molecular weight is 349 g/mol. The first-order valence-electron chi connectivity index (χ1n) is 6.62. The lowest BCUT2D eigenvalue weighted by Crippen LogP contribution is -2.14. The largest absolute Gasteiger partial charge is 0.464 e. The molecule has 0 atom stereocenters. The van der Waals surface area contributed by atoms with Crippen molar-refractivity contribution in [3.05, 3.63) is 47.2 Å². The van der Waals surface area contributed by atoms with Crippen LogP contribution in [0.4, 0.5) is 26.3 Å². The fourth-order valence-corrected chi connectivity index (χ4v) is 2.26. The van der Waals surface area contributed by atoms with Crippen LogP contribution in [-0.2, 0) is 18.9 Å². The molecule has 3 aromatic heterocycles. The Kier molecular flexibility index (Phi) is 3.57. The number of aryl methyl sites for hydroxylation is 1. The highest BCUT2D eigenvalue weighted by Crippen LogP contribution is 2.38. The van der Waals surface area contributed by atoms with Crippen LogP contribution in [0.15, 0.2) is 28.8 Å². The van der Waals surface area contributed by atoms with E-state index < -0.39 is 34.6 Å². The van der Waals surface area contributed by atoms with Crippen molar-refractivity contribution < 1.29 is 30.8 Å². The Labute approximate surface area is 130 Å². The number of aromatic nitrogens is 3. The molecule has 0 fully saturated rings. The van der Waals surface area contributed by atoms with E-state index in [-0.39, 0.29) is 12.6 Å². The van der Waals surface area contributed by atoms with E-state index in [1.807, 2.05) is 0 Å². The zero-order valence-corrected chi connectivity index (χ0v) is 12.0. The Balaban J connectivity index is 2.19. The van der Waals surface area contributed by atoms with E-state index in [9.17, 15) is 26.3 Å². The minimum atomic E-state index is -5.01. The highest BCUT2D eigenvalue weighted by atomic mass is 19.4. The molecular formula is C14H9F6N3O. The second-order valence-electron chi connectivity index (χ2n) is 5.10. The fraction of sp³-hybridized carbons (Fsp3) is 0.286. The summed E-state index contributed by atoms with van der Waals surface area (Å²) in [6.45, 7) is 1.52. The molecule has 3 rings (SSSR count). The average Bonchev–Trinajstić information content (AvgIpc) is 3.03. The topological polar surface area (TPSA) is 43.9 Å². The fourth-order valence-electron chi connectivity index (χ4n) is 2.26. The van der Waals surface area contributed by atoms with E-state index >= 15 is 0 Å². The van der Waals surface area contributed by atoms with E-state index in [2.05, 4.69) is 10.1 Å². The third kappa shape index (κ3) is 2.95. The SMILES string of the molecule is Cc1ccc(Cn2ncc3c(C(F)(F)F)cc(C(F)(F)F)nc32)o1. The van der Waals surface area contributed by atoms with Crippen LogP contribution in [0.2, 0.25) is 0 Å². The summed E-state index contributed by atoms with van der Waals surface area (Å²) < 4.78 is 84.1. The molecule has 3 heterocycles. The molecule has 0 saturated carbocycles. The zero-order chi connectivity index (χ0) is 17.7. The van der Waals surface area contributed by atoms with Crippen LogP contribution >= 0.6 is 0 Å². The van der Waals surface area contributed by atoms with Gasteiger partial charge in [-0.1, -0.05) is 0 Å². The minimum Gasteiger partial charge on any atom is -0.464 e. The Bertz CT molecular complexity index is 890. The van der Waals surface area contributed by atoms with E-state index in [0.717, 1.165) is 10.9 Å². The highest BCUT2D eigenvalue weighted by molar-refractivity contribution is 5.79. The molecule has 24 heavy (non-hydrogen) atoms. The van der Waals surface area contributed by atoms with Crippen LogP contribution in [0, 0.1) is 6.92 Å². The number of furan rings is 1. The minimum absolute atomic E-state index is 0.00854. The molecule has 0 N–H and O–H groups in total. The number of rotatable bonds is 2. The first kappa shape index (κ1) is 16.3. The van der Waals surface area contributed by atoms with Crippen molar-refractivity contribution in [2.45, 2.75) is 25.8 Å². The maximum Gasteiger partial charge on any atom is 0.433 e. The molecule has 0 radical (unpaired) electrons. The maximum absolute atomic E-state index is 13.1. The third-order valence-electron chi connectivity index (χ3n) is 3.31. The Morgan fingerprint density at radius 3 is 2.33 bits per heavy atom. The molecule has 128 valence electrons. The van der Waals surface area contributed by atoms with Gasteiger partial charge >= 0.3 is 12.4 Å². The van der Waals surface area contributed by atoms with Gasteiger partial charge in [-0.3, -0.25) is 0 Å². The second kappa shape index (κ2) is 5.25. The molecule has 0 amide bonds. The molecule has 0 aliphatic heterocycles. The summed E-state index contributed by atoms with van der Waals surface area (Å²) in [6.07, 6.45) is -9.12. The molecule has 0 spiro atoms. The normalized spacial score (nSPS) is 13.0. The van der Waals surface area contributed by atoms with Crippen LogP contribution in [0.3, 0.4) is 0 Å². The van der Waals surface area contributed by atoms with Crippen molar-refractivity contribution in [3.63, 3.8) is 0 Å². The lowest BCUT2D eigenvalue weighted by atomic mass is 10.1. The highest BCUT2D eigenvalue weighted by Gasteiger charge is 2.40. The molecule has 0 unspecified atom stereocenters. The van der Waals surface area contributed by atoms with Gasteiger partial charge < -0.3 is 4.42 Å². The van der Waals surface area contributed by atoms with E-state index in [4.69, 9.17) is 4.42 Å². The number of hydrogen-bond donors (Lipinski definition) is 0. The predicted molar refractivity (Wildman–Crippen MR) is 70.1 cm³/mol. The summed E-state index contributed by atoms with van der Waals surface area (Å²) in [4.78, 5) is 3.32. The standard InChI is InChI=1S/C14H9F6N3O/c1-7-2-3-8(24-7)6-23-12-9(5-21-23)10(13(15,16)17)4-11(22-12)14(18,19)20/h2-5H,6H2,1H3. The maximum atomic E-state index is 13.1. The van der Waals surface area contributed by atoms with Crippen molar-refractivity contribution in [3.8, 4) is 0 Å². The number of pyridine rings is 1.